The minimum absolute atomic E-state index is 0.0411. The first kappa shape index (κ1) is 31.3. The number of hydrogen-bond acceptors (Lipinski definition) is 5. The zero-order chi connectivity index (χ0) is 30.8. The number of benzene rings is 4. The van der Waals surface area contributed by atoms with Crippen molar-refractivity contribution in [1.29, 1.82) is 0 Å². The molecule has 0 spiro atoms. The van der Waals surface area contributed by atoms with Crippen LogP contribution in [0.5, 0.6) is 5.75 Å². The summed E-state index contributed by atoms with van der Waals surface area (Å²) in [7, 11) is 1.57. The molecule has 7 nitrogen and oxygen atoms in total. The Balaban J connectivity index is 1.51. The van der Waals surface area contributed by atoms with E-state index in [1.54, 1.807) is 79.9 Å². The molecule has 4 rings (SSSR count). The SMILES string of the molecule is CCC(Sc1cccc(NC(=O)/C(=C\c2c(F)cccc2Cl)NC(=O)c2ccccc2)c1)C(=O)Nc1ccc(OC)cc1. The molecule has 4 aromatic carbocycles. The van der Waals surface area contributed by atoms with E-state index in [1.807, 2.05) is 13.0 Å². The van der Waals surface area contributed by atoms with Crippen molar-refractivity contribution in [3.8, 4) is 5.75 Å². The van der Waals surface area contributed by atoms with Crippen molar-refractivity contribution >= 4 is 58.5 Å². The van der Waals surface area contributed by atoms with Crippen LogP contribution in [0.2, 0.25) is 5.02 Å². The van der Waals surface area contributed by atoms with Crippen molar-refractivity contribution in [2.45, 2.75) is 23.5 Å². The third kappa shape index (κ3) is 8.70. The van der Waals surface area contributed by atoms with Gasteiger partial charge in [0, 0.05) is 27.4 Å². The van der Waals surface area contributed by atoms with Gasteiger partial charge in [0.05, 0.1) is 17.4 Å². The van der Waals surface area contributed by atoms with Gasteiger partial charge in [-0.15, -0.1) is 11.8 Å². The average Bonchev–Trinajstić information content (AvgIpc) is 3.02. The lowest BCUT2D eigenvalue weighted by molar-refractivity contribution is -0.116. The molecule has 0 fully saturated rings. The summed E-state index contributed by atoms with van der Waals surface area (Å²) in [5.74, 6) is -1.36. The van der Waals surface area contributed by atoms with Gasteiger partial charge in [-0.3, -0.25) is 14.4 Å². The second kappa shape index (κ2) is 15.0. The number of thioether (sulfide) groups is 1. The summed E-state index contributed by atoms with van der Waals surface area (Å²) in [6.07, 6.45) is 1.76. The number of carbonyl (C=O) groups excluding carboxylic acids is 3. The molecule has 220 valence electrons. The highest BCUT2D eigenvalue weighted by Crippen LogP contribution is 2.29. The number of methoxy groups -OCH3 is 1. The Hall–Kier alpha value is -4.60. The molecule has 1 atom stereocenters. The van der Waals surface area contributed by atoms with E-state index >= 15 is 0 Å². The van der Waals surface area contributed by atoms with Crippen LogP contribution in [-0.2, 0) is 9.59 Å². The van der Waals surface area contributed by atoms with E-state index in [4.69, 9.17) is 16.3 Å². The molecular weight excluding hydrogens is 589 g/mol. The molecule has 0 radical (unpaired) electrons. The maximum atomic E-state index is 14.6. The maximum absolute atomic E-state index is 14.6. The third-order valence-electron chi connectivity index (χ3n) is 6.21. The third-order valence-corrected chi connectivity index (χ3v) is 7.90. The van der Waals surface area contributed by atoms with Gasteiger partial charge in [-0.1, -0.05) is 48.9 Å². The van der Waals surface area contributed by atoms with Gasteiger partial charge in [0.1, 0.15) is 17.3 Å². The van der Waals surface area contributed by atoms with Gasteiger partial charge in [-0.2, -0.15) is 0 Å². The van der Waals surface area contributed by atoms with Crippen molar-refractivity contribution in [2.24, 2.45) is 0 Å². The summed E-state index contributed by atoms with van der Waals surface area (Å²) >= 11 is 7.54. The highest BCUT2D eigenvalue weighted by atomic mass is 35.5. The second-order valence-corrected chi connectivity index (χ2v) is 10.9. The monoisotopic (exact) mass is 617 g/mol. The Labute approximate surface area is 258 Å². The second-order valence-electron chi connectivity index (χ2n) is 9.23. The lowest BCUT2D eigenvalue weighted by Gasteiger charge is -2.16. The minimum Gasteiger partial charge on any atom is -0.497 e. The van der Waals surface area contributed by atoms with Crippen LogP contribution in [0.4, 0.5) is 15.8 Å². The zero-order valence-corrected chi connectivity index (χ0v) is 25.0. The summed E-state index contributed by atoms with van der Waals surface area (Å²) in [6.45, 7) is 1.91. The molecule has 3 N–H and O–H groups in total. The van der Waals surface area contributed by atoms with Crippen molar-refractivity contribution < 1.29 is 23.5 Å². The summed E-state index contributed by atoms with van der Waals surface area (Å²) in [6, 6.07) is 26.5. The normalized spacial score (nSPS) is 11.8. The van der Waals surface area contributed by atoms with Gasteiger partial charge in [0.25, 0.3) is 11.8 Å². The molecule has 0 aliphatic rings. The van der Waals surface area contributed by atoms with Gasteiger partial charge in [-0.25, -0.2) is 4.39 Å². The number of amides is 3. The molecule has 0 aromatic heterocycles. The Bertz CT molecular complexity index is 1610. The Morgan fingerprint density at radius 1 is 0.907 bits per heavy atom. The van der Waals surface area contributed by atoms with Gasteiger partial charge >= 0.3 is 0 Å². The number of nitrogens with one attached hydrogen (secondary N) is 3. The highest BCUT2D eigenvalue weighted by molar-refractivity contribution is 8.00. The van der Waals surface area contributed by atoms with Crippen LogP contribution in [0, 0.1) is 5.82 Å². The zero-order valence-electron chi connectivity index (χ0n) is 23.4. The van der Waals surface area contributed by atoms with Gasteiger partial charge in [0.2, 0.25) is 5.91 Å². The minimum atomic E-state index is -0.685. The Kier molecular flexibility index (Phi) is 11.0. The van der Waals surface area contributed by atoms with Gasteiger partial charge in [-0.05, 0) is 79.2 Å². The molecular formula is C33H29ClFN3O4S. The predicted octanol–water partition coefficient (Wildman–Crippen LogP) is 7.41. The van der Waals surface area contributed by atoms with E-state index in [9.17, 15) is 18.8 Å². The summed E-state index contributed by atoms with van der Waals surface area (Å²) in [5, 5.41) is 7.92. The number of rotatable bonds is 11. The molecule has 10 heteroatoms. The van der Waals surface area contributed by atoms with E-state index in [2.05, 4.69) is 16.0 Å². The van der Waals surface area contributed by atoms with Crippen LogP contribution < -0.4 is 20.7 Å². The lowest BCUT2D eigenvalue weighted by atomic mass is 10.1. The van der Waals surface area contributed by atoms with Crippen molar-refractivity contribution in [1.82, 2.24) is 5.32 Å². The number of hydrogen-bond donors (Lipinski definition) is 3. The van der Waals surface area contributed by atoms with Crippen LogP contribution in [0.15, 0.2) is 108 Å². The number of anilines is 2. The van der Waals surface area contributed by atoms with Crippen LogP contribution in [0.25, 0.3) is 6.08 Å². The highest BCUT2D eigenvalue weighted by Gasteiger charge is 2.20. The molecule has 1 unspecified atom stereocenters. The average molecular weight is 618 g/mol. The standard InChI is InChI=1S/C33H29ClFN3O4S/c1-3-30(33(41)36-22-15-17-24(42-2)18-16-22)43-25-12-7-11-23(19-25)37-32(40)29(20-26-27(34)13-8-14-28(26)35)38-31(39)21-9-5-4-6-10-21/h4-20,30H,3H2,1-2H3,(H,36,41)(H,37,40)(H,38,39)/b29-20+. The smallest absolute Gasteiger partial charge is 0.272 e. The first-order chi connectivity index (χ1) is 20.8. The fraction of sp³-hybridized carbons (Fsp3) is 0.121. The summed E-state index contributed by atoms with van der Waals surface area (Å²) in [4.78, 5) is 40.0. The van der Waals surface area contributed by atoms with E-state index in [1.165, 1.54) is 36.0 Å². The topological polar surface area (TPSA) is 96.5 Å². The van der Waals surface area contributed by atoms with Crippen molar-refractivity contribution in [2.75, 3.05) is 17.7 Å². The molecule has 0 bridgehead atoms. The van der Waals surface area contributed by atoms with Gasteiger partial charge in [0.15, 0.2) is 0 Å². The molecule has 43 heavy (non-hydrogen) atoms. The predicted molar refractivity (Wildman–Crippen MR) is 170 cm³/mol. The van der Waals surface area contributed by atoms with Crippen LogP contribution in [0.1, 0.15) is 29.3 Å². The summed E-state index contributed by atoms with van der Waals surface area (Å²) < 4.78 is 19.8. The molecule has 0 saturated heterocycles. The number of ether oxygens (including phenoxy) is 1. The molecule has 4 aromatic rings. The number of carbonyl (C=O) groups is 3. The van der Waals surface area contributed by atoms with Crippen LogP contribution in [-0.4, -0.2) is 30.1 Å². The molecule has 0 aliphatic carbocycles. The van der Waals surface area contributed by atoms with E-state index < -0.39 is 22.9 Å². The van der Waals surface area contributed by atoms with E-state index in [-0.39, 0.29) is 22.2 Å². The van der Waals surface area contributed by atoms with Gasteiger partial charge < -0.3 is 20.7 Å². The quantitative estimate of drug-likeness (QED) is 0.120. The largest absolute Gasteiger partial charge is 0.497 e. The van der Waals surface area contributed by atoms with Crippen LogP contribution >= 0.6 is 23.4 Å². The first-order valence-electron chi connectivity index (χ1n) is 13.3. The molecule has 0 heterocycles. The summed E-state index contributed by atoms with van der Waals surface area (Å²) in [5.41, 5.74) is 1.14. The Morgan fingerprint density at radius 2 is 1.63 bits per heavy atom. The van der Waals surface area contributed by atoms with E-state index in [0.717, 1.165) is 4.90 Å². The van der Waals surface area contributed by atoms with Crippen molar-refractivity contribution in [3.63, 3.8) is 0 Å². The molecule has 0 aliphatic heterocycles. The van der Waals surface area contributed by atoms with Crippen molar-refractivity contribution in [3.05, 3.63) is 125 Å². The van der Waals surface area contributed by atoms with Crippen LogP contribution in [0.3, 0.4) is 0 Å². The molecule has 3 amide bonds. The Morgan fingerprint density at radius 3 is 2.30 bits per heavy atom. The molecule has 0 saturated carbocycles. The fourth-order valence-electron chi connectivity index (χ4n) is 3.96. The van der Waals surface area contributed by atoms with E-state index in [0.29, 0.717) is 29.1 Å². The lowest BCUT2D eigenvalue weighted by Crippen LogP contribution is -2.30. The first-order valence-corrected chi connectivity index (χ1v) is 14.6. The maximum Gasteiger partial charge on any atom is 0.272 e. The number of halogens is 2. The fourth-order valence-corrected chi connectivity index (χ4v) is 5.20.